The normalized spacial score (nSPS) is 11.4. The topological polar surface area (TPSA) is 44.8 Å². The average molecular weight is 453 g/mol. The molecule has 0 atom stereocenters. The molecule has 4 aromatic rings. The van der Waals surface area contributed by atoms with Crippen LogP contribution in [0.25, 0.3) is 28.0 Å². The molecule has 0 spiro atoms. The quantitative estimate of drug-likeness (QED) is 0.214. The van der Waals surface area contributed by atoms with Crippen molar-refractivity contribution in [2.75, 3.05) is 13.7 Å². The average Bonchev–Trinajstić information content (AvgIpc) is 2.85. The molecule has 4 nitrogen and oxygen atoms in total. The molecule has 0 aromatic heterocycles. The third-order valence-corrected chi connectivity index (χ3v) is 5.64. The summed E-state index contributed by atoms with van der Waals surface area (Å²) in [6.45, 7) is 6.00. The molecule has 4 heteroatoms. The molecule has 0 aliphatic rings. The van der Waals surface area contributed by atoms with Crippen LogP contribution in [-0.2, 0) is 9.53 Å². The molecule has 4 aromatic carbocycles. The number of carbonyl (C=O) groups excluding carboxylic acids is 1. The summed E-state index contributed by atoms with van der Waals surface area (Å²) in [6.07, 6.45) is 1.81. The minimum absolute atomic E-state index is 0.308. The molecule has 0 N–H and O–H groups in total. The Hall–Kier alpha value is -4.05. The Morgan fingerprint density at radius 3 is 2.29 bits per heavy atom. The van der Waals surface area contributed by atoms with Crippen LogP contribution in [0, 0.1) is 6.92 Å². The van der Waals surface area contributed by atoms with Crippen LogP contribution in [0.3, 0.4) is 0 Å². The highest BCUT2D eigenvalue weighted by molar-refractivity contribution is 5.98. The zero-order chi connectivity index (χ0) is 24.1. The van der Waals surface area contributed by atoms with Crippen LogP contribution in [0.5, 0.6) is 17.2 Å². The zero-order valence-electron chi connectivity index (χ0n) is 19.9. The first-order valence-corrected chi connectivity index (χ1v) is 11.3. The molecule has 0 aliphatic heterocycles. The van der Waals surface area contributed by atoms with Gasteiger partial charge in [-0.2, -0.15) is 0 Å². The van der Waals surface area contributed by atoms with E-state index in [4.69, 9.17) is 14.2 Å². The molecule has 0 saturated heterocycles. The first-order valence-electron chi connectivity index (χ1n) is 11.3. The molecule has 0 heterocycles. The van der Waals surface area contributed by atoms with Gasteiger partial charge in [-0.25, -0.2) is 4.79 Å². The monoisotopic (exact) mass is 452 g/mol. The van der Waals surface area contributed by atoms with Crippen LogP contribution in [0.4, 0.5) is 0 Å². The van der Waals surface area contributed by atoms with Gasteiger partial charge in [0.25, 0.3) is 0 Å². The standard InChI is InChI=1S/C30H28O4/c1-5-33-30(31)21(3)17-22-11-13-25(14-12-22)34-29-27-16-15-26(32-4)19-24(27)18-20(2)28(29)23-9-7-6-8-10-23/h6-19H,5H2,1-4H3. The molecular formula is C30H28O4. The van der Waals surface area contributed by atoms with Gasteiger partial charge in [-0.15, -0.1) is 0 Å². The fourth-order valence-corrected chi connectivity index (χ4v) is 3.99. The van der Waals surface area contributed by atoms with E-state index < -0.39 is 0 Å². The third kappa shape index (κ3) is 4.96. The minimum Gasteiger partial charge on any atom is -0.497 e. The maximum Gasteiger partial charge on any atom is 0.333 e. The van der Waals surface area contributed by atoms with E-state index >= 15 is 0 Å². The Kier molecular flexibility index (Phi) is 6.98. The molecule has 0 saturated carbocycles. The summed E-state index contributed by atoms with van der Waals surface area (Å²) in [5.74, 6) is 2.01. The van der Waals surface area contributed by atoms with Crippen molar-refractivity contribution in [1.29, 1.82) is 0 Å². The van der Waals surface area contributed by atoms with Gasteiger partial charge in [0.05, 0.1) is 13.7 Å². The second-order valence-electron chi connectivity index (χ2n) is 8.07. The molecule has 0 fully saturated rings. The minimum atomic E-state index is -0.308. The Morgan fingerprint density at radius 1 is 0.912 bits per heavy atom. The van der Waals surface area contributed by atoms with Gasteiger partial charge in [0.2, 0.25) is 0 Å². The number of rotatable bonds is 7. The Labute approximate surface area is 200 Å². The number of hydrogen-bond acceptors (Lipinski definition) is 4. The van der Waals surface area contributed by atoms with Crippen LogP contribution in [0.1, 0.15) is 25.0 Å². The molecule has 0 radical (unpaired) electrons. The second-order valence-corrected chi connectivity index (χ2v) is 8.07. The van der Waals surface area contributed by atoms with Gasteiger partial charge in [-0.05, 0) is 79.3 Å². The van der Waals surface area contributed by atoms with E-state index in [-0.39, 0.29) is 5.97 Å². The number of fused-ring (bicyclic) bond motifs is 1. The third-order valence-electron chi connectivity index (χ3n) is 5.64. The maximum absolute atomic E-state index is 11.9. The molecule has 34 heavy (non-hydrogen) atoms. The van der Waals surface area contributed by atoms with Crippen molar-refractivity contribution in [1.82, 2.24) is 0 Å². The van der Waals surface area contributed by atoms with Gasteiger partial charge in [0.15, 0.2) is 0 Å². The number of esters is 1. The fraction of sp³-hybridized carbons (Fsp3) is 0.167. The molecule has 0 aliphatic carbocycles. The highest BCUT2D eigenvalue weighted by atomic mass is 16.5. The van der Waals surface area contributed by atoms with Gasteiger partial charge in [-0.1, -0.05) is 48.5 Å². The summed E-state index contributed by atoms with van der Waals surface area (Å²) in [5.41, 5.74) is 4.73. The number of ether oxygens (including phenoxy) is 3. The number of hydrogen-bond donors (Lipinski definition) is 0. The number of methoxy groups -OCH3 is 1. The summed E-state index contributed by atoms with van der Waals surface area (Å²) >= 11 is 0. The summed E-state index contributed by atoms with van der Waals surface area (Å²) < 4.78 is 17.0. The Bertz CT molecular complexity index is 1340. The van der Waals surface area contributed by atoms with Gasteiger partial charge < -0.3 is 14.2 Å². The van der Waals surface area contributed by atoms with Crippen LogP contribution >= 0.6 is 0 Å². The highest BCUT2D eigenvalue weighted by Gasteiger charge is 2.16. The Morgan fingerprint density at radius 2 is 1.62 bits per heavy atom. The van der Waals surface area contributed by atoms with Gasteiger partial charge >= 0.3 is 5.97 Å². The lowest BCUT2D eigenvalue weighted by Gasteiger charge is -2.18. The van der Waals surface area contributed by atoms with Gasteiger partial charge in [0.1, 0.15) is 17.2 Å². The molecule has 172 valence electrons. The van der Waals surface area contributed by atoms with Crippen molar-refractivity contribution in [3.63, 3.8) is 0 Å². The number of aryl methyl sites for hydroxylation is 1. The van der Waals surface area contributed by atoms with Crippen LogP contribution in [0.15, 0.2) is 84.4 Å². The molecule has 4 rings (SSSR count). The van der Waals surface area contributed by atoms with E-state index in [0.717, 1.165) is 44.5 Å². The summed E-state index contributed by atoms with van der Waals surface area (Å²) in [5, 5.41) is 2.06. The van der Waals surface area contributed by atoms with Gasteiger partial charge in [-0.3, -0.25) is 0 Å². The Balaban J connectivity index is 1.76. The first kappa shape index (κ1) is 23.1. The van der Waals surface area contributed by atoms with Gasteiger partial charge in [0, 0.05) is 16.5 Å². The van der Waals surface area contributed by atoms with Crippen molar-refractivity contribution in [3.8, 4) is 28.4 Å². The van der Waals surface area contributed by atoms with Crippen molar-refractivity contribution >= 4 is 22.8 Å². The molecular weight excluding hydrogens is 424 g/mol. The van der Waals surface area contributed by atoms with Crippen molar-refractivity contribution in [2.45, 2.75) is 20.8 Å². The van der Waals surface area contributed by atoms with Crippen LogP contribution in [0.2, 0.25) is 0 Å². The maximum atomic E-state index is 11.9. The van der Waals surface area contributed by atoms with E-state index in [9.17, 15) is 4.79 Å². The SMILES string of the molecule is CCOC(=O)C(C)=Cc1ccc(Oc2c(-c3ccccc3)c(C)cc3cc(OC)ccc23)cc1. The molecule has 0 bridgehead atoms. The van der Waals surface area contributed by atoms with Crippen molar-refractivity contribution < 1.29 is 19.0 Å². The second kappa shape index (κ2) is 10.3. The lowest BCUT2D eigenvalue weighted by atomic mass is 9.94. The highest BCUT2D eigenvalue weighted by Crippen LogP contribution is 2.42. The predicted octanol–water partition coefficient (Wildman–Crippen LogP) is 7.58. The van der Waals surface area contributed by atoms with E-state index in [1.54, 1.807) is 21.0 Å². The van der Waals surface area contributed by atoms with Crippen molar-refractivity contribution in [2.24, 2.45) is 0 Å². The lowest BCUT2D eigenvalue weighted by Crippen LogP contribution is -2.04. The first-order chi connectivity index (χ1) is 16.5. The van der Waals surface area contributed by atoms with E-state index in [2.05, 4.69) is 25.1 Å². The number of carbonyl (C=O) groups is 1. The number of benzene rings is 4. The van der Waals surface area contributed by atoms with Crippen LogP contribution in [-0.4, -0.2) is 19.7 Å². The van der Waals surface area contributed by atoms with E-state index in [1.807, 2.05) is 66.7 Å². The smallest absolute Gasteiger partial charge is 0.333 e. The van der Waals surface area contributed by atoms with Crippen LogP contribution < -0.4 is 9.47 Å². The van der Waals surface area contributed by atoms with Crippen molar-refractivity contribution in [3.05, 3.63) is 95.6 Å². The van der Waals surface area contributed by atoms with E-state index in [0.29, 0.717) is 17.9 Å². The lowest BCUT2D eigenvalue weighted by molar-refractivity contribution is -0.138. The summed E-state index contributed by atoms with van der Waals surface area (Å²) in [6, 6.07) is 26.1. The van der Waals surface area contributed by atoms with E-state index in [1.165, 1.54) is 0 Å². The summed E-state index contributed by atoms with van der Waals surface area (Å²) in [7, 11) is 1.67. The zero-order valence-corrected chi connectivity index (χ0v) is 19.9. The summed E-state index contributed by atoms with van der Waals surface area (Å²) in [4.78, 5) is 11.9. The molecule has 0 amide bonds. The molecule has 0 unspecified atom stereocenters. The predicted molar refractivity (Wildman–Crippen MR) is 137 cm³/mol. The largest absolute Gasteiger partial charge is 0.497 e. The fourth-order valence-electron chi connectivity index (χ4n) is 3.99.